The van der Waals surface area contributed by atoms with Crippen molar-refractivity contribution in [3.05, 3.63) is 58.7 Å². The van der Waals surface area contributed by atoms with Gasteiger partial charge in [0.2, 0.25) is 15.2 Å². The van der Waals surface area contributed by atoms with Gasteiger partial charge >= 0.3 is 0 Å². The van der Waals surface area contributed by atoms with Gasteiger partial charge in [0.05, 0.1) is 17.2 Å². The molecule has 1 aliphatic heterocycles. The summed E-state index contributed by atoms with van der Waals surface area (Å²) in [6.07, 6.45) is 0.618. The minimum absolute atomic E-state index is 0.0196. The third-order valence-corrected chi connectivity index (χ3v) is 9.29. The highest BCUT2D eigenvalue weighted by Crippen LogP contribution is 2.33. The lowest BCUT2D eigenvalue weighted by Gasteiger charge is -2.18. The van der Waals surface area contributed by atoms with Crippen LogP contribution in [0.5, 0.6) is 0 Å². The van der Waals surface area contributed by atoms with E-state index in [0.717, 1.165) is 16.8 Å². The van der Waals surface area contributed by atoms with E-state index in [2.05, 4.69) is 35.4 Å². The zero-order valence-corrected chi connectivity index (χ0v) is 20.5. The van der Waals surface area contributed by atoms with Crippen LogP contribution in [0.25, 0.3) is 0 Å². The first kappa shape index (κ1) is 22.8. The lowest BCUT2D eigenvalue weighted by molar-refractivity contribution is 0.102. The van der Waals surface area contributed by atoms with E-state index in [1.54, 1.807) is 19.1 Å². The molecule has 0 saturated carbocycles. The highest BCUT2D eigenvalue weighted by molar-refractivity contribution is 8.01. The summed E-state index contributed by atoms with van der Waals surface area (Å²) >= 11 is 2.76. The second-order valence-electron chi connectivity index (χ2n) is 7.52. The summed E-state index contributed by atoms with van der Waals surface area (Å²) in [5.41, 5.74) is 5.52. The summed E-state index contributed by atoms with van der Waals surface area (Å²) in [4.78, 5) is 12.7. The molecule has 0 fully saturated rings. The monoisotopic (exact) mass is 488 g/mol. The average molecular weight is 489 g/mol. The van der Waals surface area contributed by atoms with Crippen LogP contribution in [0.4, 0.5) is 16.5 Å². The van der Waals surface area contributed by atoms with Gasteiger partial charge in [0.1, 0.15) is 0 Å². The number of nitrogens with one attached hydrogen (secondary N) is 1. The highest BCUT2D eigenvalue weighted by atomic mass is 32.2. The molecule has 32 heavy (non-hydrogen) atoms. The Hall–Kier alpha value is -2.43. The van der Waals surface area contributed by atoms with Crippen LogP contribution in [0.15, 0.2) is 40.7 Å². The van der Waals surface area contributed by atoms with Gasteiger partial charge in [-0.25, -0.2) is 8.42 Å². The molecule has 0 unspecified atom stereocenters. The van der Waals surface area contributed by atoms with Gasteiger partial charge in [-0.2, -0.15) is 0 Å². The third-order valence-electron chi connectivity index (χ3n) is 5.53. The Morgan fingerprint density at radius 2 is 2.03 bits per heavy atom. The van der Waals surface area contributed by atoms with Crippen LogP contribution in [0, 0.1) is 13.8 Å². The first-order valence-corrected chi connectivity index (χ1v) is 13.7. The van der Waals surface area contributed by atoms with E-state index in [4.69, 9.17) is 0 Å². The summed E-state index contributed by atoms with van der Waals surface area (Å²) in [6, 6.07) is 11.3. The zero-order chi connectivity index (χ0) is 22.9. The first-order valence-electron chi connectivity index (χ1n) is 10.2. The normalized spacial score (nSPS) is 13.3. The van der Waals surface area contributed by atoms with Gasteiger partial charge in [-0.15, -0.1) is 10.2 Å². The largest absolute Gasteiger partial charge is 0.330 e. The molecule has 10 heteroatoms. The molecule has 4 rings (SSSR count). The second kappa shape index (κ2) is 9.21. The molecule has 2 aromatic carbocycles. The molecule has 168 valence electrons. The molecule has 0 spiro atoms. The van der Waals surface area contributed by atoms with Gasteiger partial charge in [-0.3, -0.25) is 9.10 Å². The quantitative estimate of drug-likeness (QED) is 0.366. The fraction of sp³-hybridized carbons (Fsp3) is 0.318. The Kier molecular flexibility index (Phi) is 6.55. The predicted octanol–water partition coefficient (Wildman–Crippen LogP) is 4.59. The van der Waals surface area contributed by atoms with Gasteiger partial charge in [0.25, 0.3) is 0 Å². The van der Waals surface area contributed by atoms with Crippen molar-refractivity contribution in [3.8, 4) is 0 Å². The van der Waals surface area contributed by atoms with Crippen LogP contribution in [-0.4, -0.2) is 42.4 Å². The molecule has 3 aromatic rings. The van der Waals surface area contributed by atoms with Crippen molar-refractivity contribution in [1.29, 1.82) is 0 Å². The predicted molar refractivity (Wildman–Crippen MR) is 131 cm³/mol. The number of fused-ring (bicyclic) bond motifs is 1. The van der Waals surface area contributed by atoms with Crippen LogP contribution in [0.2, 0.25) is 0 Å². The van der Waals surface area contributed by atoms with Crippen molar-refractivity contribution in [3.63, 3.8) is 0 Å². The Bertz CT molecular complexity index is 1270. The van der Waals surface area contributed by atoms with E-state index in [9.17, 15) is 13.2 Å². The van der Waals surface area contributed by atoms with Crippen LogP contribution in [0.3, 0.4) is 0 Å². The zero-order valence-electron chi connectivity index (χ0n) is 18.1. The molecule has 0 radical (unpaired) electrons. The maximum atomic E-state index is 12.7. The number of Topliss-reactive ketones (excluding diaryl/α,β-unsaturated/α-hetero) is 1. The molecule has 7 nitrogen and oxygen atoms in total. The standard InChI is InChI=1S/C22H24N4O3S3/c1-4-32(28,29)26-11-10-16-12-17(8-9-19(16)26)20(27)13-30-22-25-24-21(31-22)23-18-7-5-6-14(2)15(18)3/h5-9,12H,4,10-11,13H2,1-3H3,(H,23,24). The number of hydrogen-bond acceptors (Lipinski definition) is 8. The number of aryl methyl sites for hydroxylation is 1. The fourth-order valence-electron chi connectivity index (χ4n) is 3.52. The van der Waals surface area contributed by atoms with Crippen LogP contribution >= 0.6 is 23.1 Å². The molecule has 1 aromatic heterocycles. The number of thioether (sulfide) groups is 1. The SMILES string of the molecule is CCS(=O)(=O)N1CCc2cc(C(=O)CSc3nnc(Nc4cccc(C)c4C)s3)ccc21. The highest BCUT2D eigenvalue weighted by Gasteiger charge is 2.28. The summed E-state index contributed by atoms with van der Waals surface area (Å²) < 4.78 is 26.6. The Labute approximate surface area is 196 Å². The number of carbonyl (C=O) groups excluding carboxylic acids is 1. The molecule has 0 aliphatic carbocycles. The van der Waals surface area contributed by atoms with Gasteiger partial charge in [0, 0.05) is 17.8 Å². The Morgan fingerprint density at radius 3 is 2.81 bits per heavy atom. The van der Waals surface area contributed by atoms with Crippen molar-refractivity contribution in [1.82, 2.24) is 10.2 Å². The lowest BCUT2D eigenvalue weighted by atomic mass is 10.1. The summed E-state index contributed by atoms with van der Waals surface area (Å²) in [7, 11) is -3.29. The minimum Gasteiger partial charge on any atom is -0.330 e. The number of anilines is 3. The van der Waals surface area contributed by atoms with Crippen LogP contribution in [0.1, 0.15) is 34.0 Å². The van der Waals surface area contributed by atoms with Crippen molar-refractivity contribution < 1.29 is 13.2 Å². The van der Waals surface area contributed by atoms with Gasteiger partial charge in [-0.05, 0) is 68.1 Å². The summed E-state index contributed by atoms with van der Waals surface area (Å²) in [5.74, 6) is 0.286. The van der Waals surface area contributed by atoms with E-state index in [1.807, 2.05) is 18.2 Å². The van der Waals surface area contributed by atoms with Crippen molar-refractivity contribution in [2.75, 3.05) is 27.7 Å². The Morgan fingerprint density at radius 1 is 1.22 bits per heavy atom. The number of hydrogen-bond donors (Lipinski definition) is 1. The number of aromatic nitrogens is 2. The molecule has 0 amide bonds. The molecule has 1 aliphatic rings. The van der Waals surface area contributed by atoms with Crippen molar-refractivity contribution >= 4 is 55.4 Å². The molecule has 0 bridgehead atoms. The van der Waals surface area contributed by atoms with E-state index >= 15 is 0 Å². The molecule has 0 atom stereocenters. The van der Waals surface area contributed by atoms with Gasteiger partial charge in [-0.1, -0.05) is 35.2 Å². The maximum absolute atomic E-state index is 12.7. The molecule has 0 saturated heterocycles. The number of ketones is 1. The number of sulfonamides is 1. The van der Waals surface area contributed by atoms with Gasteiger partial charge in [0.15, 0.2) is 10.1 Å². The number of carbonyl (C=O) groups is 1. The first-order chi connectivity index (χ1) is 15.3. The average Bonchev–Trinajstić information content (AvgIpc) is 3.42. The molecular formula is C22H24N4O3S3. The molecule has 2 heterocycles. The van der Waals surface area contributed by atoms with E-state index in [0.29, 0.717) is 33.7 Å². The van der Waals surface area contributed by atoms with E-state index < -0.39 is 10.0 Å². The lowest BCUT2D eigenvalue weighted by Crippen LogP contribution is -2.30. The third kappa shape index (κ3) is 4.67. The van der Waals surface area contributed by atoms with E-state index in [-0.39, 0.29) is 17.3 Å². The van der Waals surface area contributed by atoms with E-state index in [1.165, 1.54) is 33.0 Å². The van der Waals surface area contributed by atoms with Crippen LogP contribution < -0.4 is 9.62 Å². The molecule has 1 N–H and O–H groups in total. The number of rotatable bonds is 8. The van der Waals surface area contributed by atoms with Crippen LogP contribution in [-0.2, 0) is 16.4 Å². The molecular weight excluding hydrogens is 464 g/mol. The summed E-state index contributed by atoms with van der Waals surface area (Å²) in [6.45, 7) is 6.19. The van der Waals surface area contributed by atoms with Crippen molar-refractivity contribution in [2.24, 2.45) is 0 Å². The number of benzene rings is 2. The second-order valence-corrected chi connectivity index (χ2v) is 11.9. The van der Waals surface area contributed by atoms with Gasteiger partial charge < -0.3 is 5.32 Å². The number of nitrogens with zero attached hydrogens (tertiary/aromatic N) is 3. The minimum atomic E-state index is -3.29. The maximum Gasteiger partial charge on any atom is 0.234 e. The smallest absolute Gasteiger partial charge is 0.234 e. The summed E-state index contributed by atoms with van der Waals surface area (Å²) in [5, 5.41) is 12.3. The Balaban J connectivity index is 1.39. The topological polar surface area (TPSA) is 92.3 Å². The fourth-order valence-corrected chi connectivity index (χ4v) is 6.34. The van der Waals surface area contributed by atoms with Crippen molar-refractivity contribution in [2.45, 2.75) is 31.5 Å².